The van der Waals surface area contributed by atoms with E-state index >= 15 is 0 Å². The number of thioether (sulfide) groups is 2. The van der Waals surface area contributed by atoms with E-state index in [2.05, 4.69) is 17.4 Å². The Bertz CT molecular complexity index is 372. The number of nitrogens with one attached hydrogen (secondary N) is 1. The van der Waals surface area contributed by atoms with E-state index in [9.17, 15) is 4.79 Å². The molecule has 2 nitrogen and oxygen atoms in total. The number of rotatable bonds is 3. The zero-order valence-electron chi connectivity index (χ0n) is 9.94. The van der Waals surface area contributed by atoms with E-state index in [-0.39, 0.29) is 5.91 Å². The Morgan fingerprint density at radius 3 is 2.53 bits per heavy atom. The van der Waals surface area contributed by atoms with Crippen molar-refractivity contribution in [3.05, 3.63) is 35.4 Å². The summed E-state index contributed by atoms with van der Waals surface area (Å²) in [6.07, 6.45) is 1.31. The molecule has 1 saturated heterocycles. The van der Waals surface area contributed by atoms with Crippen LogP contribution in [-0.2, 0) is 0 Å². The smallest absolute Gasteiger partial charge is 0.251 e. The zero-order chi connectivity index (χ0) is 12.1. The lowest BCUT2D eigenvalue weighted by molar-refractivity contribution is 0.0956. The first-order chi connectivity index (χ1) is 8.31. The molecule has 4 heteroatoms. The third-order valence-corrected chi connectivity index (χ3v) is 5.62. The number of hydrogen-bond acceptors (Lipinski definition) is 3. The summed E-state index contributed by atoms with van der Waals surface area (Å²) in [5.41, 5.74) is 2.08. The largest absolute Gasteiger partial charge is 0.352 e. The summed E-state index contributed by atoms with van der Waals surface area (Å²) < 4.78 is 0.548. The Morgan fingerprint density at radius 1 is 1.29 bits per heavy atom. The molecule has 1 fully saturated rings. The van der Waals surface area contributed by atoms with Crippen LogP contribution in [0, 0.1) is 0 Å². The topological polar surface area (TPSA) is 29.1 Å². The van der Waals surface area contributed by atoms with Crippen molar-refractivity contribution in [2.75, 3.05) is 18.1 Å². The molecule has 1 heterocycles. The average molecular weight is 267 g/mol. The summed E-state index contributed by atoms with van der Waals surface area (Å²) >= 11 is 4.01. The SMILES string of the molecule is CCNC(=O)c1ccc(C2SCCCS2)cc1. The van der Waals surface area contributed by atoms with Crippen molar-refractivity contribution in [3.63, 3.8) is 0 Å². The summed E-state index contributed by atoms with van der Waals surface area (Å²) in [4.78, 5) is 11.6. The number of carbonyl (C=O) groups excluding carboxylic acids is 1. The van der Waals surface area contributed by atoms with Crippen LogP contribution in [0.1, 0.15) is 33.8 Å². The standard InChI is InChI=1S/C13H17NOS2/c1-2-14-12(15)10-4-6-11(7-5-10)13-16-8-3-9-17-13/h4-7,13H,2-3,8-9H2,1H3,(H,14,15). The molecule has 1 aromatic carbocycles. The number of carbonyl (C=O) groups is 1. The van der Waals surface area contributed by atoms with Gasteiger partial charge in [0.1, 0.15) is 0 Å². The maximum absolute atomic E-state index is 11.6. The quantitative estimate of drug-likeness (QED) is 0.911. The molecule has 1 N–H and O–H groups in total. The Morgan fingerprint density at radius 2 is 1.94 bits per heavy atom. The molecule has 0 bridgehead atoms. The molecule has 92 valence electrons. The summed E-state index contributed by atoms with van der Waals surface area (Å²) in [7, 11) is 0. The fourth-order valence-electron chi connectivity index (χ4n) is 1.73. The highest BCUT2D eigenvalue weighted by atomic mass is 32.2. The molecule has 0 atom stereocenters. The molecule has 0 aromatic heterocycles. The van der Waals surface area contributed by atoms with Crippen LogP contribution in [0.3, 0.4) is 0 Å². The minimum atomic E-state index is 0.0167. The number of amides is 1. The lowest BCUT2D eigenvalue weighted by Gasteiger charge is -2.21. The van der Waals surface area contributed by atoms with Crippen molar-refractivity contribution in [2.45, 2.75) is 17.9 Å². The molecule has 17 heavy (non-hydrogen) atoms. The fourth-order valence-corrected chi connectivity index (χ4v) is 4.63. The molecule has 0 aliphatic carbocycles. The van der Waals surface area contributed by atoms with Crippen LogP contribution in [0.4, 0.5) is 0 Å². The molecule has 0 saturated carbocycles. The summed E-state index contributed by atoms with van der Waals surface area (Å²) in [6, 6.07) is 8.02. The monoisotopic (exact) mass is 267 g/mol. The van der Waals surface area contributed by atoms with Crippen molar-refractivity contribution in [2.24, 2.45) is 0 Å². The van der Waals surface area contributed by atoms with Crippen LogP contribution in [0.15, 0.2) is 24.3 Å². The second kappa shape index (κ2) is 6.36. The molecular weight excluding hydrogens is 250 g/mol. The maximum Gasteiger partial charge on any atom is 0.251 e. The first-order valence-corrected chi connectivity index (χ1v) is 8.02. The minimum Gasteiger partial charge on any atom is -0.352 e. The van der Waals surface area contributed by atoms with E-state index in [1.165, 1.54) is 23.5 Å². The van der Waals surface area contributed by atoms with Gasteiger partial charge in [-0.2, -0.15) is 0 Å². The molecule has 0 unspecified atom stereocenters. The molecule has 1 aliphatic rings. The fraction of sp³-hybridized carbons (Fsp3) is 0.462. The van der Waals surface area contributed by atoms with Crippen LogP contribution in [0.25, 0.3) is 0 Å². The van der Waals surface area contributed by atoms with Gasteiger partial charge in [0, 0.05) is 12.1 Å². The van der Waals surface area contributed by atoms with Gasteiger partial charge in [0.2, 0.25) is 0 Å². The molecule has 2 rings (SSSR count). The van der Waals surface area contributed by atoms with E-state index in [1.54, 1.807) is 0 Å². The van der Waals surface area contributed by atoms with Gasteiger partial charge in [0.15, 0.2) is 0 Å². The van der Waals surface area contributed by atoms with Crippen LogP contribution in [-0.4, -0.2) is 24.0 Å². The Balaban J connectivity index is 2.04. The Hall–Kier alpha value is -0.610. The van der Waals surface area contributed by atoms with Crippen molar-refractivity contribution >= 4 is 29.4 Å². The lowest BCUT2D eigenvalue weighted by Crippen LogP contribution is -2.22. The predicted octanol–water partition coefficient (Wildman–Crippen LogP) is 3.31. The third kappa shape index (κ3) is 3.42. The highest BCUT2D eigenvalue weighted by Crippen LogP contribution is 2.43. The van der Waals surface area contributed by atoms with Crippen LogP contribution in [0.5, 0.6) is 0 Å². The average Bonchev–Trinajstić information content (AvgIpc) is 2.40. The lowest BCUT2D eigenvalue weighted by atomic mass is 10.1. The van der Waals surface area contributed by atoms with Crippen LogP contribution >= 0.6 is 23.5 Å². The summed E-state index contributed by atoms with van der Waals surface area (Å²) in [6.45, 7) is 2.61. The van der Waals surface area contributed by atoms with Crippen molar-refractivity contribution in [1.82, 2.24) is 5.32 Å². The normalized spacial score (nSPS) is 16.8. The zero-order valence-corrected chi connectivity index (χ0v) is 11.6. The van der Waals surface area contributed by atoms with Gasteiger partial charge in [-0.1, -0.05) is 12.1 Å². The van der Waals surface area contributed by atoms with Crippen LogP contribution in [0.2, 0.25) is 0 Å². The van der Waals surface area contributed by atoms with Gasteiger partial charge in [-0.25, -0.2) is 0 Å². The van der Waals surface area contributed by atoms with E-state index < -0.39 is 0 Å². The third-order valence-electron chi connectivity index (χ3n) is 2.61. The van der Waals surface area contributed by atoms with Crippen molar-refractivity contribution in [3.8, 4) is 0 Å². The van der Waals surface area contributed by atoms with Crippen molar-refractivity contribution in [1.29, 1.82) is 0 Å². The van der Waals surface area contributed by atoms with E-state index in [0.29, 0.717) is 11.1 Å². The van der Waals surface area contributed by atoms with E-state index in [0.717, 1.165) is 5.56 Å². The van der Waals surface area contributed by atoms with E-state index in [1.807, 2.05) is 42.6 Å². The van der Waals surface area contributed by atoms with Crippen molar-refractivity contribution < 1.29 is 4.79 Å². The molecule has 1 aromatic rings. The highest BCUT2D eigenvalue weighted by Gasteiger charge is 2.16. The van der Waals surface area contributed by atoms with Gasteiger partial charge in [0.05, 0.1) is 4.58 Å². The van der Waals surface area contributed by atoms with Gasteiger partial charge in [-0.3, -0.25) is 4.79 Å². The molecule has 1 aliphatic heterocycles. The van der Waals surface area contributed by atoms with Gasteiger partial charge in [-0.15, -0.1) is 23.5 Å². The predicted molar refractivity (Wildman–Crippen MR) is 76.7 cm³/mol. The van der Waals surface area contributed by atoms with Gasteiger partial charge in [0.25, 0.3) is 5.91 Å². The Kier molecular flexibility index (Phi) is 4.80. The van der Waals surface area contributed by atoms with E-state index in [4.69, 9.17) is 0 Å². The maximum atomic E-state index is 11.6. The second-order valence-corrected chi connectivity index (χ2v) is 6.63. The summed E-state index contributed by atoms with van der Waals surface area (Å²) in [5, 5.41) is 2.81. The number of hydrogen-bond donors (Lipinski definition) is 1. The molecular formula is C13H17NOS2. The van der Waals surface area contributed by atoms with Gasteiger partial charge < -0.3 is 5.32 Å². The summed E-state index contributed by atoms with van der Waals surface area (Å²) in [5.74, 6) is 2.51. The molecule has 1 amide bonds. The second-order valence-electron chi connectivity index (χ2n) is 3.91. The highest BCUT2D eigenvalue weighted by molar-refractivity contribution is 8.16. The first kappa shape index (κ1) is 12.8. The molecule has 0 spiro atoms. The molecule has 0 radical (unpaired) electrons. The first-order valence-electron chi connectivity index (χ1n) is 5.92. The Labute approximate surface area is 111 Å². The minimum absolute atomic E-state index is 0.0167. The van der Waals surface area contributed by atoms with Gasteiger partial charge in [-0.05, 0) is 42.5 Å². The van der Waals surface area contributed by atoms with Crippen LogP contribution < -0.4 is 5.32 Å². The number of benzene rings is 1. The van der Waals surface area contributed by atoms with Gasteiger partial charge >= 0.3 is 0 Å².